The van der Waals surface area contributed by atoms with Crippen LogP contribution in [0.4, 0.5) is 13.2 Å². The summed E-state index contributed by atoms with van der Waals surface area (Å²) in [6.07, 6.45) is 0. The van der Waals surface area contributed by atoms with Gasteiger partial charge in [0.15, 0.2) is 11.6 Å². The molecule has 0 heterocycles. The van der Waals surface area contributed by atoms with Crippen LogP contribution in [0, 0.1) is 40.1 Å². The van der Waals surface area contributed by atoms with Gasteiger partial charge < -0.3 is 9.47 Å². The van der Waals surface area contributed by atoms with Gasteiger partial charge in [-0.2, -0.15) is 14.9 Å². The molecule has 0 aliphatic carbocycles. The monoisotopic (exact) mass is 332 g/mol. The van der Waals surface area contributed by atoms with E-state index in [0.717, 1.165) is 7.11 Å². The van der Waals surface area contributed by atoms with Crippen LogP contribution in [-0.4, -0.2) is 13.1 Å². The summed E-state index contributed by atoms with van der Waals surface area (Å²) in [7, 11) is 0.885. The predicted molar refractivity (Wildman–Crippen MR) is 73.6 cm³/mol. The van der Waals surface area contributed by atoms with E-state index in [2.05, 4.69) is 4.74 Å². The number of hydrogen-bond donors (Lipinski definition) is 0. The Morgan fingerprint density at radius 1 is 1.08 bits per heavy atom. The van der Waals surface area contributed by atoms with Gasteiger partial charge in [0.1, 0.15) is 34.8 Å². The van der Waals surface area contributed by atoms with Crippen LogP contribution in [-0.2, 0) is 4.74 Å². The largest absolute Gasteiger partial charge is 0.465 e. The minimum absolute atomic E-state index is 0.0532. The topological polar surface area (TPSA) is 83.1 Å². The SMILES string of the molecule is COC(=O)c1c(F)cc(Oc2cccc(C#N)c2C#N)c(F)c1F. The summed E-state index contributed by atoms with van der Waals surface area (Å²) < 4.78 is 50.9. The standard InChI is InChI=1S/C16H7F3N2O3/c1-23-16(22)13-10(17)5-12(14(18)15(13)19)24-11-4-2-3-8(6-20)9(11)7-21/h2-5H,1H3. The van der Waals surface area contributed by atoms with Crippen LogP contribution >= 0.6 is 0 Å². The molecule has 0 aliphatic heterocycles. The summed E-state index contributed by atoms with van der Waals surface area (Å²) in [6, 6.07) is 7.77. The molecule has 0 saturated carbocycles. The maximum absolute atomic E-state index is 14.0. The molecule has 0 bridgehead atoms. The van der Waals surface area contributed by atoms with Gasteiger partial charge in [0.05, 0.1) is 12.7 Å². The molecule has 2 rings (SSSR count). The third kappa shape index (κ3) is 2.85. The number of rotatable bonds is 3. The summed E-state index contributed by atoms with van der Waals surface area (Å²) in [6.45, 7) is 0. The van der Waals surface area contributed by atoms with Gasteiger partial charge in [-0.05, 0) is 12.1 Å². The van der Waals surface area contributed by atoms with Crippen LogP contribution in [0.15, 0.2) is 24.3 Å². The number of benzene rings is 2. The molecule has 8 heteroatoms. The zero-order chi connectivity index (χ0) is 17.9. The van der Waals surface area contributed by atoms with Gasteiger partial charge in [0.2, 0.25) is 5.82 Å². The first-order valence-corrected chi connectivity index (χ1v) is 6.31. The number of esters is 1. The minimum Gasteiger partial charge on any atom is -0.465 e. The highest BCUT2D eigenvalue weighted by molar-refractivity contribution is 5.90. The Labute approximate surface area is 134 Å². The summed E-state index contributed by atoms with van der Waals surface area (Å²) in [4.78, 5) is 11.3. The fraction of sp³-hybridized carbons (Fsp3) is 0.0625. The van der Waals surface area contributed by atoms with Gasteiger partial charge in [-0.15, -0.1) is 0 Å². The van der Waals surface area contributed by atoms with Gasteiger partial charge >= 0.3 is 5.97 Å². The van der Waals surface area contributed by atoms with Crippen molar-refractivity contribution in [3.05, 3.63) is 58.4 Å². The molecule has 0 saturated heterocycles. The van der Waals surface area contributed by atoms with Crippen molar-refractivity contribution in [2.45, 2.75) is 0 Å². The van der Waals surface area contributed by atoms with E-state index in [-0.39, 0.29) is 16.9 Å². The van der Waals surface area contributed by atoms with E-state index >= 15 is 0 Å². The van der Waals surface area contributed by atoms with Crippen molar-refractivity contribution in [3.63, 3.8) is 0 Å². The number of nitrogens with zero attached hydrogens (tertiary/aromatic N) is 2. The highest BCUT2D eigenvalue weighted by Gasteiger charge is 2.26. The number of methoxy groups -OCH3 is 1. The van der Waals surface area contributed by atoms with Gasteiger partial charge in [-0.25, -0.2) is 13.6 Å². The molecule has 120 valence electrons. The van der Waals surface area contributed by atoms with E-state index in [9.17, 15) is 18.0 Å². The maximum atomic E-state index is 14.0. The number of carbonyl (C=O) groups is 1. The van der Waals surface area contributed by atoms with E-state index in [1.54, 1.807) is 12.1 Å². The first kappa shape index (κ1) is 16.8. The molecule has 0 fully saturated rings. The van der Waals surface area contributed by atoms with Crippen LogP contribution in [0.25, 0.3) is 0 Å². The zero-order valence-corrected chi connectivity index (χ0v) is 12.1. The molecule has 0 radical (unpaired) electrons. The van der Waals surface area contributed by atoms with E-state index in [0.29, 0.717) is 6.07 Å². The van der Waals surface area contributed by atoms with Crippen molar-refractivity contribution >= 4 is 5.97 Å². The molecular weight excluding hydrogens is 325 g/mol. The number of halogens is 3. The molecule has 0 aliphatic rings. The van der Waals surface area contributed by atoms with Crippen molar-refractivity contribution < 1.29 is 27.4 Å². The summed E-state index contributed by atoms with van der Waals surface area (Å²) >= 11 is 0. The Morgan fingerprint density at radius 3 is 2.38 bits per heavy atom. The Kier molecular flexibility index (Phi) is 4.71. The first-order chi connectivity index (χ1) is 11.4. The second-order valence-electron chi connectivity index (χ2n) is 4.36. The summed E-state index contributed by atoms with van der Waals surface area (Å²) in [5.41, 5.74) is -1.48. The molecule has 0 unspecified atom stereocenters. The van der Waals surface area contributed by atoms with Crippen LogP contribution < -0.4 is 4.74 Å². The van der Waals surface area contributed by atoms with E-state index in [4.69, 9.17) is 15.3 Å². The van der Waals surface area contributed by atoms with Crippen LogP contribution in [0.1, 0.15) is 21.5 Å². The van der Waals surface area contributed by atoms with Gasteiger partial charge in [-0.3, -0.25) is 0 Å². The summed E-state index contributed by atoms with van der Waals surface area (Å²) in [5.74, 6) is -7.36. The van der Waals surface area contributed by atoms with Gasteiger partial charge in [0.25, 0.3) is 0 Å². The molecule has 0 spiro atoms. The fourth-order valence-electron chi connectivity index (χ4n) is 1.88. The van der Waals surface area contributed by atoms with Gasteiger partial charge in [-0.1, -0.05) is 6.07 Å². The number of hydrogen-bond acceptors (Lipinski definition) is 5. The molecule has 0 aromatic heterocycles. The molecule has 2 aromatic rings. The highest BCUT2D eigenvalue weighted by atomic mass is 19.2. The Morgan fingerprint density at radius 2 is 1.79 bits per heavy atom. The third-order valence-corrected chi connectivity index (χ3v) is 2.99. The Hall–Kier alpha value is -3.52. The van der Waals surface area contributed by atoms with Crippen LogP contribution in [0.3, 0.4) is 0 Å². The molecular formula is C16H7F3N2O3. The van der Waals surface area contributed by atoms with Crippen molar-refractivity contribution in [1.29, 1.82) is 10.5 Å². The van der Waals surface area contributed by atoms with Crippen molar-refractivity contribution in [3.8, 4) is 23.6 Å². The number of carbonyl (C=O) groups excluding carboxylic acids is 1. The lowest BCUT2D eigenvalue weighted by Gasteiger charge is -2.11. The predicted octanol–water partition coefficient (Wildman–Crippen LogP) is 3.43. The van der Waals surface area contributed by atoms with Crippen LogP contribution in [0.5, 0.6) is 11.5 Å². The second-order valence-corrected chi connectivity index (χ2v) is 4.36. The smallest absolute Gasteiger partial charge is 0.343 e. The van der Waals surface area contributed by atoms with Crippen molar-refractivity contribution in [2.75, 3.05) is 7.11 Å². The average Bonchev–Trinajstić information content (AvgIpc) is 2.58. The highest BCUT2D eigenvalue weighted by Crippen LogP contribution is 2.32. The number of ether oxygens (including phenoxy) is 2. The fourth-order valence-corrected chi connectivity index (χ4v) is 1.88. The van der Waals surface area contributed by atoms with Gasteiger partial charge in [0, 0.05) is 6.07 Å². The summed E-state index contributed by atoms with van der Waals surface area (Å²) in [5, 5.41) is 18.0. The molecule has 2 aromatic carbocycles. The normalized spacial score (nSPS) is 9.75. The molecule has 0 N–H and O–H groups in total. The number of nitriles is 2. The Bertz CT molecular complexity index is 914. The second kappa shape index (κ2) is 6.71. The molecule has 24 heavy (non-hydrogen) atoms. The maximum Gasteiger partial charge on any atom is 0.343 e. The average molecular weight is 332 g/mol. The van der Waals surface area contributed by atoms with Crippen molar-refractivity contribution in [1.82, 2.24) is 0 Å². The third-order valence-electron chi connectivity index (χ3n) is 2.99. The first-order valence-electron chi connectivity index (χ1n) is 6.31. The molecule has 0 amide bonds. The lowest BCUT2D eigenvalue weighted by atomic mass is 10.1. The Balaban J connectivity index is 2.56. The van der Waals surface area contributed by atoms with E-state index in [1.807, 2.05) is 0 Å². The molecule has 5 nitrogen and oxygen atoms in total. The lowest BCUT2D eigenvalue weighted by Crippen LogP contribution is -2.10. The lowest BCUT2D eigenvalue weighted by molar-refractivity contribution is 0.0588. The van der Waals surface area contributed by atoms with E-state index < -0.39 is 34.7 Å². The molecule has 0 atom stereocenters. The van der Waals surface area contributed by atoms with E-state index in [1.165, 1.54) is 18.2 Å². The van der Waals surface area contributed by atoms with Crippen molar-refractivity contribution in [2.24, 2.45) is 0 Å². The quantitative estimate of drug-likeness (QED) is 0.635. The minimum atomic E-state index is -1.79. The van der Waals surface area contributed by atoms with Crippen LogP contribution in [0.2, 0.25) is 0 Å². The zero-order valence-electron chi connectivity index (χ0n) is 12.1.